The molecular weight excluding hydrogens is 314 g/mol. The van der Waals surface area contributed by atoms with Gasteiger partial charge >= 0.3 is 0 Å². The third kappa shape index (κ3) is 2.98. The summed E-state index contributed by atoms with van der Waals surface area (Å²) < 4.78 is 7.66. The highest BCUT2D eigenvalue weighted by Crippen LogP contribution is 2.32. The third-order valence-corrected chi connectivity index (χ3v) is 4.33. The van der Waals surface area contributed by atoms with Gasteiger partial charge in [0.15, 0.2) is 5.65 Å². The zero-order valence-corrected chi connectivity index (χ0v) is 14.0. The standard InChI is InChI=1S/C19H19N5O/c1-24-19-16(18(20)21-12-22-19)17(23-24)14-7-9-15(10-8-14)25-11-13-5-3-2-4-6-13/h2-7,9,12H,8,10-11H2,1H3,(H2,20,21,22). The molecule has 0 radical (unpaired) electrons. The van der Waals surface area contributed by atoms with Crippen molar-refractivity contribution in [3.63, 3.8) is 0 Å². The topological polar surface area (TPSA) is 78.9 Å². The number of nitrogens with two attached hydrogens (primary N) is 1. The van der Waals surface area contributed by atoms with Gasteiger partial charge in [-0.3, -0.25) is 0 Å². The number of aryl methyl sites for hydroxylation is 1. The van der Waals surface area contributed by atoms with E-state index in [1.807, 2.05) is 31.3 Å². The van der Waals surface area contributed by atoms with Crippen LogP contribution < -0.4 is 5.73 Å². The number of nitrogens with zero attached hydrogens (tertiary/aromatic N) is 4. The van der Waals surface area contributed by atoms with Crippen molar-refractivity contribution in [1.29, 1.82) is 0 Å². The van der Waals surface area contributed by atoms with Gasteiger partial charge in [-0.2, -0.15) is 5.10 Å². The van der Waals surface area contributed by atoms with Crippen LogP contribution in [0.25, 0.3) is 16.6 Å². The van der Waals surface area contributed by atoms with Gasteiger partial charge in [-0.05, 0) is 23.6 Å². The molecule has 1 aliphatic carbocycles. The van der Waals surface area contributed by atoms with Crippen molar-refractivity contribution in [1.82, 2.24) is 19.7 Å². The highest BCUT2D eigenvalue weighted by molar-refractivity contribution is 5.95. The Hall–Kier alpha value is -3.15. The Kier molecular flexibility index (Phi) is 3.93. The van der Waals surface area contributed by atoms with Gasteiger partial charge in [0.2, 0.25) is 0 Å². The minimum Gasteiger partial charge on any atom is -0.493 e. The fourth-order valence-corrected chi connectivity index (χ4v) is 3.02. The molecule has 0 unspecified atom stereocenters. The molecule has 2 aromatic heterocycles. The minimum atomic E-state index is 0.462. The third-order valence-electron chi connectivity index (χ3n) is 4.33. The maximum atomic E-state index is 6.04. The molecular formula is C19H19N5O. The van der Waals surface area contributed by atoms with Gasteiger partial charge in [-0.25, -0.2) is 14.6 Å². The Bertz CT molecular complexity index is 972. The van der Waals surface area contributed by atoms with Crippen LogP contribution in [0.2, 0.25) is 0 Å². The molecule has 2 N–H and O–H groups in total. The van der Waals surface area contributed by atoms with Crippen LogP contribution in [0.5, 0.6) is 0 Å². The van der Waals surface area contributed by atoms with Crippen LogP contribution in [0.15, 0.2) is 54.6 Å². The van der Waals surface area contributed by atoms with Crippen LogP contribution in [0.4, 0.5) is 5.82 Å². The molecule has 0 aliphatic heterocycles. The Labute approximate surface area is 145 Å². The summed E-state index contributed by atoms with van der Waals surface area (Å²) in [6.07, 6.45) is 7.22. The maximum absolute atomic E-state index is 6.04. The first-order valence-corrected chi connectivity index (χ1v) is 8.22. The SMILES string of the molecule is Cn1nc(C2=CC=C(OCc3ccccc3)CC2)c2c(N)ncnc21. The lowest BCUT2D eigenvalue weighted by molar-refractivity contribution is 0.189. The number of anilines is 1. The molecule has 4 rings (SSSR count). The molecule has 0 amide bonds. The highest BCUT2D eigenvalue weighted by Gasteiger charge is 2.19. The number of fused-ring (bicyclic) bond motifs is 1. The molecule has 3 aromatic rings. The highest BCUT2D eigenvalue weighted by atomic mass is 16.5. The summed E-state index contributed by atoms with van der Waals surface area (Å²) in [5.41, 5.74) is 9.94. The summed E-state index contributed by atoms with van der Waals surface area (Å²) in [5, 5.41) is 5.41. The Balaban J connectivity index is 1.57. The molecule has 6 nitrogen and oxygen atoms in total. The number of benzene rings is 1. The second-order valence-electron chi connectivity index (χ2n) is 6.03. The summed E-state index contributed by atoms with van der Waals surface area (Å²) >= 11 is 0. The normalized spacial score (nSPS) is 14.3. The van der Waals surface area contributed by atoms with Crippen molar-refractivity contribution in [3.05, 3.63) is 65.8 Å². The van der Waals surface area contributed by atoms with E-state index < -0.39 is 0 Å². The van der Waals surface area contributed by atoms with Crippen LogP contribution >= 0.6 is 0 Å². The molecule has 1 aromatic carbocycles. The molecule has 0 saturated heterocycles. The van der Waals surface area contributed by atoms with Crippen molar-refractivity contribution >= 4 is 22.4 Å². The number of aromatic nitrogens is 4. The van der Waals surface area contributed by atoms with Gasteiger partial charge in [0.25, 0.3) is 0 Å². The summed E-state index contributed by atoms with van der Waals surface area (Å²) in [7, 11) is 1.87. The molecule has 0 fully saturated rings. The lowest BCUT2D eigenvalue weighted by Gasteiger charge is -2.15. The van der Waals surface area contributed by atoms with Crippen LogP contribution in [0.3, 0.4) is 0 Å². The maximum Gasteiger partial charge on any atom is 0.163 e. The van der Waals surface area contributed by atoms with Crippen LogP contribution in [0.1, 0.15) is 24.1 Å². The van der Waals surface area contributed by atoms with E-state index in [4.69, 9.17) is 10.5 Å². The first kappa shape index (κ1) is 15.4. The predicted molar refractivity (Wildman–Crippen MR) is 97.2 cm³/mol. The number of allylic oxidation sites excluding steroid dienone is 4. The molecule has 6 heteroatoms. The summed E-state index contributed by atoms with van der Waals surface area (Å²) in [4.78, 5) is 8.38. The van der Waals surface area contributed by atoms with E-state index in [1.54, 1.807) is 4.68 Å². The van der Waals surface area contributed by atoms with Gasteiger partial charge in [-0.15, -0.1) is 0 Å². The summed E-state index contributed by atoms with van der Waals surface area (Å²) in [6.45, 7) is 0.586. The van der Waals surface area contributed by atoms with E-state index in [9.17, 15) is 0 Å². The van der Waals surface area contributed by atoms with E-state index in [-0.39, 0.29) is 0 Å². The van der Waals surface area contributed by atoms with Gasteiger partial charge in [-0.1, -0.05) is 36.4 Å². The van der Waals surface area contributed by atoms with Crippen molar-refractivity contribution < 1.29 is 4.74 Å². The smallest absolute Gasteiger partial charge is 0.163 e. The van der Waals surface area contributed by atoms with Gasteiger partial charge in [0.05, 0.1) is 11.1 Å². The van der Waals surface area contributed by atoms with Crippen molar-refractivity contribution in [3.8, 4) is 0 Å². The largest absolute Gasteiger partial charge is 0.493 e. The minimum absolute atomic E-state index is 0.462. The number of rotatable bonds is 4. The fourth-order valence-electron chi connectivity index (χ4n) is 3.02. The van der Waals surface area contributed by atoms with Crippen molar-refractivity contribution in [2.24, 2.45) is 7.05 Å². The zero-order chi connectivity index (χ0) is 17.2. The molecule has 0 atom stereocenters. The number of ether oxygens (including phenoxy) is 1. The van der Waals surface area contributed by atoms with Gasteiger partial charge in [0, 0.05) is 13.5 Å². The number of hydrogen-bond donors (Lipinski definition) is 1. The van der Waals surface area contributed by atoms with Crippen LogP contribution in [-0.4, -0.2) is 19.7 Å². The second kappa shape index (κ2) is 6.39. The summed E-state index contributed by atoms with van der Waals surface area (Å²) in [5.74, 6) is 1.45. The lowest BCUT2D eigenvalue weighted by atomic mass is 9.99. The molecule has 0 saturated carbocycles. The molecule has 0 bridgehead atoms. The molecule has 25 heavy (non-hydrogen) atoms. The first-order valence-electron chi connectivity index (χ1n) is 8.22. The second-order valence-corrected chi connectivity index (χ2v) is 6.03. The Morgan fingerprint density at radius 1 is 1.12 bits per heavy atom. The molecule has 126 valence electrons. The number of nitrogen functional groups attached to an aromatic ring is 1. The van der Waals surface area contributed by atoms with E-state index in [1.165, 1.54) is 11.9 Å². The van der Waals surface area contributed by atoms with Crippen LogP contribution in [-0.2, 0) is 18.4 Å². The average molecular weight is 333 g/mol. The zero-order valence-electron chi connectivity index (χ0n) is 14.0. The number of hydrogen-bond acceptors (Lipinski definition) is 5. The van der Waals surface area contributed by atoms with Gasteiger partial charge in [0.1, 0.15) is 24.4 Å². The van der Waals surface area contributed by atoms with Crippen molar-refractivity contribution in [2.45, 2.75) is 19.4 Å². The first-order chi connectivity index (χ1) is 12.2. The van der Waals surface area contributed by atoms with E-state index >= 15 is 0 Å². The van der Waals surface area contributed by atoms with E-state index in [0.717, 1.165) is 40.9 Å². The monoisotopic (exact) mass is 333 g/mol. The predicted octanol–water partition coefficient (Wildman–Crippen LogP) is 3.22. The Morgan fingerprint density at radius 3 is 2.72 bits per heavy atom. The van der Waals surface area contributed by atoms with Crippen LogP contribution in [0, 0.1) is 0 Å². The molecule has 2 heterocycles. The quantitative estimate of drug-likeness (QED) is 0.793. The molecule has 1 aliphatic rings. The Morgan fingerprint density at radius 2 is 1.96 bits per heavy atom. The van der Waals surface area contributed by atoms with E-state index in [2.05, 4.69) is 33.3 Å². The summed E-state index contributed by atoms with van der Waals surface area (Å²) in [6, 6.07) is 10.2. The van der Waals surface area contributed by atoms with E-state index in [0.29, 0.717) is 12.4 Å². The average Bonchev–Trinajstić information content (AvgIpc) is 3.00. The molecule has 0 spiro atoms. The fraction of sp³-hybridized carbons (Fsp3) is 0.211. The lowest BCUT2D eigenvalue weighted by Crippen LogP contribution is -2.00. The van der Waals surface area contributed by atoms with Gasteiger partial charge < -0.3 is 10.5 Å². The van der Waals surface area contributed by atoms with Crippen molar-refractivity contribution in [2.75, 3.05) is 5.73 Å².